The minimum atomic E-state index is 0.809. The van der Waals surface area contributed by atoms with Crippen LogP contribution in [-0.4, -0.2) is 35.1 Å². The molecule has 2 heterocycles. The summed E-state index contributed by atoms with van der Waals surface area (Å²) in [7, 11) is 0. The zero-order valence-corrected chi connectivity index (χ0v) is 11.3. The molecule has 2 fully saturated rings. The number of aromatic nitrogens is 1. The van der Waals surface area contributed by atoms with Gasteiger partial charge in [-0.2, -0.15) is 0 Å². The van der Waals surface area contributed by atoms with Gasteiger partial charge in [-0.1, -0.05) is 0 Å². The van der Waals surface area contributed by atoms with Crippen LogP contribution in [0.25, 0.3) is 0 Å². The highest BCUT2D eigenvalue weighted by Gasteiger charge is 2.19. The average Bonchev–Trinajstić information content (AvgIpc) is 2.89. The summed E-state index contributed by atoms with van der Waals surface area (Å²) in [5.74, 6) is 0. The van der Waals surface area contributed by atoms with E-state index in [-0.39, 0.29) is 0 Å². The van der Waals surface area contributed by atoms with Gasteiger partial charge in [0.25, 0.3) is 0 Å². The summed E-state index contributed by atoms with van der Waals surface area (Å²) < 4.78 is 2.35. The number of likely N-dealkylation sites (tertiary alicyclic amines) is 1. The predicted molar refractivity (Wildman–Crippen MR) is 74.6 cm³/mol. The van der Waals surface area contributed by atoms with Gasteiger partial charge in [-0.05, 0) is 63.4 Å². The summed E-state index contributed by atoms with van der Waals surface area (Å²) in [5, 5.41) is 3.57. The van der Waals surface area contributed by atoms with E-state index in [4.69, 9.17) is 0 Å². The summed E-state index contributed by atoms with van der Waals surface area (Å²) in [5.41, 5.74) is 1.43. The van der Waals surface area contributed by atoms with E-state index in [1.165, 1.54) is 63.8 Å². The van der Waals surface area contributed by atoms with Crippen LogP contribution in [0.5, 0.6) is 0 Å². The van der Waals surface area contributed by atoms with Crippen LogP contribution in [0.1, 0.15) is 37.7 Å². The largest absolute Gasteiger partial charge is 0.354 e. The highest BCUT2D eigenvalue weighted by molar-refractivity contribution is 5.10. The summed E-state index contributed by atoms with van der Waals surface area (Å²) in [6.45, 7) is 6.13. The molecule has 1 N–H and O–H groups in total. The van der Waals surface area contributed by atoms with Gasteiger partial charge in [-0.15, -0.1) is 0 Å². The Kier molecular flexibility index (Phi) is 4.01. The standard InChI is InChI=1S/C15H25N3/c1-2-8-17(7-1)9-3-10-18-11-6-14(13-18)12-16-15-4-5-15/h6,11,13,15-16H,1-5,7-10,12H2. The van der Waals surface area contributed by atoms with Gasteiger partial charge in [0.2, 0.25) is 0 Å². The zero-order valence-electron chi connectivity index (χ0n) is 11.3. The minimum absolute atomic E-state index is 0.809. The molecule has 0 amide bonds. The fourth-order valence-electron chi connectivity index (χ4n) is 2.77. The molecule has 2 aliphatic rings. The molecule has 1 saturated heterocycles. The molecule has 1 aliphatic heterocycles. The Morgan fingerprint density at radius 3 is 2.78 bits per heavy atom. The maximum Gasteiger partial charge on any atom is 0.0231 e. The highest BCUT2D eigenvalue weighted by atomic mass is 15.1. The lowest BCUT2D eigenvalue weighted by Crippen LogP contribution is -2.21. The third-order valence-corrected chi connectivity index (χ3v) is 4.07. The van der Waals surface area contributed by atoms with Crippen LogP contribution in [0.3, 0.4) is 0 Å². The van der Waals surface area contributed by atoms with Crippen LogP contribution in [0.2, 0.25) is 0 Å². The Morgan fingerprint density at radius 1 is 1.17 bits per heavy atom. The van der Waals surface area contributed by atoms with Crippen LogP contribution >= 0.6 is 0 Å². The molecule has 0 aromatic carbocycles. The molecular formula is C15H25N3. The second-order valence-electron chi connectivity index (χ2n) is 5.82. The Hall–Kier alpha value is -0.800. The van der Waals surface area contributed by atoms with Crippen LogP contribution in [0.4, 0.5) is 0 Å². The van der Waals surface area contributed by atoms with Crippen LogP contribution < -0.4 is 5.32 Å². The fraction of sp³-hybridized carbons (Fsp3) is 0.733. The predicted octanol–water partition coefficient (Wildman–Crippen LogP) is 2.23. The Labute approximate surface area is 110 Å². The molecule has 100 valence electrons. The minimum Gasteiger partial charge on any atom is -0.354 e. The van der Waals surface area contributed by atoms with Crippen molar-refractivity contribution in [2.24, 2.45) is 0 Å². The second kappa shape index (κ2) is 5.89. The molecule has 1 saturated carbocycles. The molecule has 18 heavy (non-hydrogen) atoms. The Morgan fingerprint density at radius 2 is 2.00 bits per heavy atom. The van der Waals surface area contributed by atoms with E-state index in [0.29, 0.717) is 0 Å². The van der Waals surface area contributed by atoms with Crippen LogP contribution in [0, 0.1) is 0 Å². The maximum atomic E-state index is 3.57. The van der Waals surface area contributed by atoms with Crippen LogP contribution in [-0.2, 0) is 13.1 Å². The lowest BCUT2D eigenvalue weighted by atomic mass is 10.3. The van der Waals surface area contributed by atoms with E-state index in [0.717, 1.165) is 12.6 Å². The highest BCUT2D eigenvalue weighted by Crippen LogP contribution is 2.19. The number of hydrogen-bond acceptors (Lipinski definition) is 2. The maximum absolute atomic E-state index is 3.57. The SMILES string of the molecule is c1cn(CCCN2CCCC2)cc1CNC1CC1. The van der Waals surface area contributed by atoms with Gasteiger partial charge >= 0.3 is 0 Å². The first-order chi connectivity index (χ1) is 8.90. The first-order valence-corrected chi connectivity index (χ1v) is 7.50. The lowest BCUT2D eigenvalue weighted by Gasteiger charge is -2.14. The quantitative estimate of drug-likeness (QED) is 0.797. The third-order valence-electron chi connectivity index (χ3n) is 4.07. The van der Waals surface area contributed by atoms with E-state index in [1.54, 1.807) is 0 Å². The van der Waals surface area contributed by atoms with Crippen molar-refractivity contribution >= 4 is 0 Å². The molecular weight excluding hydrogens is 222 g/mol. The molecule has 3 heteroatoms. The number of aryl methyl sites for hydroxylation is 1. The van der Waals surface area contributed by atoms with Crippen LogP contribution in [0.15, 0.2) is 18.5 Å². The topological polar surface area (TPSA) is 20.2 Å². The van der Waals surface area contributed by atoms with Gasteiger partial charge in [0.15, 0.2) is 0 Å². The van der Waals surface area contributed by atoms with Crippen molar-refractivity contribution in [1.82, 2.24) is 14.8 Å². The second-order valence-corrected chi connectivity index (χ2v) is 5.82. The Balaban J connectivity index is 1.36. The number of hydrogen-bond donors (Lipinski definition) is 1. The van der Waals surface area contributed by atoms with Gasteiger partial charge in [0, 0.05) is 31.5 Å². The average molecular weight is 247 g/mol. The molecule has 0 atom stereocenters. The molecule has 1 aliphatic carbocycles. The van der Waals surface area contributed by atoms with Crippen molar-refractivity contribution in [2.75, 3.05) is 19.6 Å². The molecule has 3 nitrogen and oxygen atoms in total. The van der Waals surface area contributed by atoms with Crippen molar-refractivity contribution in [3.8, 4) is 0 Å². The van der Waals surface area contributed by atoms with Gasteiger partial charge in [-0.3, -0.25) is 0 Å². The van der Waals surface area contributed by atoms with E-state index < -0.39 is 0 Å². The Bertz CT molecular complexity index is 362. The summed E-state index contributed by atoms with van der Waals surface area (Å²) >= 11 is 0. The van der Waals surface area contributed by atoms with E-state index in [1.807, 2.05) is 0 Å². The van der Waals surface area contributed by atoms with Crippen molar-refractivity contribution in [1.29, 1.82) is 0 Å². The first-order valence-electron chi connectivity index (χ1n) is 7.50. The van der Waals surface area contributed by atoms with E-state index in [9.17, 15) is 0 Å². The molecule has 0 bridgehead atoms. The van der Waals surface area contributed by atoms with E-state index >= 15 is 0 Å². The number of rotatable bonds is 7. The van der Waals surface area contributed by atoms with E-state index in [2.05, 4.69) is 33.2 Å². The summed E-state index contributed by atoms with van der Waals surface area (Å²) in [6, 6.07) is 3.06. The van der Waals surface area contributed by atoms with Crippen molar-refractivity contribution in [3.05, 3.63) is 24.0 Å². The van der Waals surface area contributed by atoms with Gasteiger partial charge in [-0.25, -0.2) is 0 Å². The summed E-state index contributed by atoms with van der Waals surface area (Å²) in [4.78, 5) is 2.60. The molecule has 0 radical (unpaired) electrons. The number of nitrogens with zero attached hydrogens (tertiary/aromatic N) is 2. The van der Waals surface area contributed by atoms with Crippen molar-refractivity contribution in [2.45, 2.75) is 51.2 Å². The molecule has 3 rings (SSSR count). The molecule has 0 unspecified atom stereocenters. The monoisotopic (exact) mass is 247 g/mol. The fourth-order valence-corrected chi connectivity index (χ4v) is 2.77. The normalized spacial score (nSPS) is 20.7. The molecule has 0 spiro atoms. The third kappa shape index (κ3) is 3.59. The number of nitrogens with one attached hydrogen (secondary N) is 1. The summed E-state index contributed by atoms with van der Waals surface area (Å²) in [6.07, 6.45) is 11.4. The smallest absolute Gasteiger partial charge is 0.0231 e. The van der Waals surface area contributed by atoms with Crippen molar-refractivity contribution < 1.29 is 0 Å². The van der Waals surface area contributed by atoms with Crippen molar-refractivity contribution in [3.63, 3.8) is 0 Å². The zero-order chi connectivity index (χ0) is 12.2. The molecule has 1 aromatic rings. The lowest BCUT2D eigenvalue weighted by molar-refractivity contribution is 0.325. The van der Waals surface area contributed by atoms with Gasteiger partial charge in [0.1, 0.15) is 0 Å². The van der Waals surface area contributed by atoms with Gasteiger partial charge in [0.05, 0.1) is 0 Å². The first kappa shape index (κ1) is 12.2. The van der Waals surface area contributed by atoms with Gasteiger partial charge < -0.3 is 14.8 Å². The molecule has 1 aromatic heterocycles.